The highest BCUT2D eigenvalue weighted by Crippen LogP contribution is 2.26. The molecule has 0 saturated heterocycles. The molecule has 1 aromatic carbocycles. The zero-order valence-corrected chi connectivity index (χ0v) is 16.5. The molecule has 1 amide bonds. The van der Waals surface area contributed by atoms with Crippen LogP contribution < -0.4 is 10.1 Å². The molecule has 1 saturated carbocycles. The fourth-order valence-electron chi connectivity index (χ4n) is 4.31. The van der Waals surface area contributed by atoms with Gasteiger partial charge in [0, 0.05) is 26.2 Å². The Morgan fingerprint density at radius 3 is 2.64 bits per heavy atom. The summed E-state index contributed by atoms with van der Waals surface area (Å²) in [5, 5.41) is 2.53. The molecule has 6 nitrogen and oxygen atoms in total. The molecule has 2 heterocycles. The van der Waals surface area contributed by atoms with Crippen LogP contribution in [0.15, 0.2) is 30.6 Å². The highest BCUT2D eigenvalue weighted by Gasteiger charge is 2.24. The van der Waals surface area contributed by atoms with Gasteiger partial charge in [-0.2, -0.15) is 0 Å². The van der Waals surface area contributed by atoms with E-state index in [0.29, 0.717) is 12.5 Å². The van der Waals surface area contributed by atoms with Gasteiger partial charge < -0.3 is 10.1 Å². The molecule has 1 aromatic heterocycles. The van der Waals surface area contributed by atoms with Crippen molar-refractivity contribution in [2.24, 2.45) is 0 Å². The highest BCUT2D eigenvalue weighted by atomic mass is 16.5. The first-order chi connectivity index (χ1) is 13.7. The molecule has 6 heteroatoms. The van der Waals surface area contributed by atoms with Gasteiger partial charge in [-0.1, -0.05) is 31.0 Å². The molecule has 1 aliphatic heterocycles. The second-order valence-electron chi connectivity index (χ2n) is 7.68. The van der Waals surface area contributed by atoms with Crippen molar-refractivity contribution in [3.63, 3.8) is 0 Å². The second-order valence-corrected chi connectivity index (χ2v) is 7.68. The van der Waals surface area contributed by atoms with E-state index in [1.807, 2.05) is 0 Å². The number of ether oxygens (including phenoxy) is 1. The van der Waals surface area contributed by atoms with Gasteiger partial charge >= 0.3 is 0 Å². The Labute approximate surface area is 166 Å². The van der Waals surface area contributed by atoms with E-state index in [2.05, 4.69) is 38.4 Å². The predicted octanol–water partition coefficient (Wildman–Crippen LogP) is 2.76. The Hall–Kier alpha value is -2.47. The van der Waals surface area contributed by atoms with E-state index in [1.165, 1.54) is 55.7 Å². The van der Waals surface area contributed by atoms with Crippen LogP contribution in [0.25, 0.3) is 0 Å². The molecule has 148 valence electrons. The fourth-order valence-corrected chi connectivity index (χ4v) is 4.31. The summed E-state index contributed by atoms with van der Waals surface area (Å²) in [6.07, 6.45) is 10.7. The quantitative estimate of drug-likeness (QED) is 0.864. The largest absolute Gasteiger partial charge is 0.472 e. The Kier molecular flexibility index (Phi) is 5.86. The van der Waals surface area contributed by atoms with E-state index in [1.54, 1.807) is 7.05 Å². The minimum atomic E-state index is -0.253. The van der Waals surface area contributed by atoms with Gasteiger partial charge in [0.2, 0.25) is 5.88 Å². The fraction of sp³-hybridized carbons (Fsp3) is 0.500. The topological polar surface area (TPSA) is 67.3 Å². The van der Waals surface area contributed by atoms with Gasteiger partial charge in [0.05, 0.1) is 12.4 Å². The van der Waals surface area contributed by atoms with Crippen molar-refractivity contribution < 1.29 is 9.53 Å². The number of hydrogen-bond acceptors (Lipinski definition) is 5. The normalized spacial score (nSPS) is 17.8. The summed E-state index contributed by atoms with van der Waals surface area (Å²) in [5.41, 5.74) is 4.35. The van der Waals surface area contributed by atoms with E-state index in [0.717, 1.165) is 31.0 Å². The van der Waals surface area contributed by atoms with Crippen molar-refractivity contribution in [2.45, 2.75) is 51.2 Å². The molecule has 28 heavy (non-hydrogen) atoms. The maximum absolute atomic E-state index is 11.5. The summed E-state index contributed by atoms with van der Waals surface area (Å²) < 4.78 is 5.77. The van der Waals surface area contributed by atoms with E-state index in [4.69, 9.17) is 4.74 Å². The number of hydrogen-bond donors (Lipinski definition) is 1. The first-order valence-electron chi connectivity index (χ1n) is 10.2. The number of benzene rings is 1. The van der Waals surface area contributed by atoms with Crippen molar-refractivity contribution >= 4 is 5.91 Å². The van der Waals surface area contributed by atoms with Gasteiger partial charge in [-0.3, -0.25) is 9.69 Å². The van der Waals surface area contributed by atoms with Crippen LogP contribution in [-0.2, 0) is 19.4 Å². The Morgan fingerprint density at radius 1 is 1.14 bits per heavy atom. The zero-order chi connectivity index (χ0) is 19.3. The molecule has 2 aromatic rings. The smallest absolute Gasteiger partial charge is 0.271 e. The SMILES string of the molecule is CNC(=O)c1cnc(OCc2ccc3c(c2)CCN(C2CCCC2)CC3)cn1. The van der Waals surface area contributed by atoms with E-state index >= 15 is 0 Å². The second kappa shape index (κ2) is 8.69. The molecular weight excluding hydrogens is 352 g/mol. The lowest BCUT2D eigenvalue weighted by atomic mass is 10.0. The third-order valence-corrected chi connectivity index (χ3v) is 5.92. The molecule has 1 aliphatic carbocycles. The van der Waals surface area contributed by atoms with Gasteiger partial charge in [0.1, 0.15) is 12.3 Å². The van der Waals surface area contributed by atoms with Crippen molar-refractivity contribution in [3.8, 4) is 5.88 Å². The lowest BCUT2D eigenvalue weighted by molar-refractivity contribution is 0.0957. The number of nitrogens with one attached hydrogen (secondary N) is 1. The Bertz CT molecular complexity index is 816. The summed E-state index contributed by atoms with van der Waals surface area (Å²) in [6.45, 7) is 2.79. The molecule has 1 fully saturated rings. The van der Waals surface area contributed by atoms with Crippen LogP contribution in [0.5, 0.6) is 5.88 Å². The molecule has 0 unspecified atom stereocenters. The van der Waals surface area contributed by atoms with Gasteiger partial charge in [0.25, 0.3) is 5.91 Å². The van der Waals surface area contributed by atoms with Crippen molar-refractivity contribution in [1.29, 1.82) is 0 Å². The van der Waals surface area contributed by atoms with Gasteiger partial charge in [0.15, 0.2) is 0 Å². The van der Waals surface area contributed by atoms with Crippen molar-refractivity contribution in [2.75, 3.05) is 20.1 Å². The number of carbonyl (C=O) groups excluding carboxylic acids is 1. The van der Waals surface area contributed by atoms with E-state index < -0.39 is 0 Å². The van der Waals surface area contributed by atoms with Gasteiger partial charge in [-0.15, -0.1) is 0 Å². The predicted molar refractivity (Wildman–Crippen MR) is 107 cm³/mol. The molecular formula is C22H28N4O2. The van der Waals surface area contributed by atoms with Crippen LogP contribution in [0.4, 0.5) is 0 Å². The van der Waals surface area contributed by atoms with Crippen LogP contribution in [0.1, 0.15) is 52.9 Å². The first kappa shape index (κ1) is 18.9. The van der Waals surface area contributed by atoms with Crippen LogP contribution in [0, 0.1) is 0 Å². The molecule has 4 rings (SSSR count). The van der Waals surface area contributed by atoms with Crippen LogP contribution in [0.2, 0.25) is 0 Å². The van der Waals surface area contributed by atoms with E-state index in [9.17, 15) is 4.79 Å². The highest BCUT2D eigenvalue weighted by molar-refractivity contribution is 5.91. The van der Waals surface area contributed by atoms with E-state index in [-0.39, 0.29) is 11.6 Å². The summed E-state index contributed by atoms with van der Waals surface area (Å²) in [7, 11) is 1.57. The molecule has 0 atom stereocenters. The number of carbonyl (C=O) groups is 1. The maximum atomic E-state index is 11.5. The number of amides is 1. The Morgan fingerprint density at radius 2 is 1.93 bits per heavy atom. The van der Waals surface area contributed by atoms with Crippen LogP contribution in [-0.4, -0.2) is 47.0 Å². The molecule has 1 N–H and O–H groups in total. The van der Waals surface area contributed by atoms with Gasteiger partial charge in [-0.05, 0) is 42.4 Å². The summed E-state index contributed by atoms with van der Waals surface area (Å²) in [5.74, 6) is 0.173. The molecule has 0 radical (unpaired) electrons. The number of aromatic nitrogens is 2. The minimum absolute atomic E-state index is 0.253. The average molecular weight is 380 g/mol. The minimum Gasteiger partial charge on any atom is -0.472 e. The number of fused-ring (bicyclic) bond motifs is 1. The Balaban J connectivity index is 1.36. The maximum Gasteiger partial charge on any atom is 0.271 e. The molecule has 2 aliphatic rings. The van der Waals surface area contributed by atoms with Crippen LogP contribution in [0.3, 0.4) is 0 Å². The van der Waals surface area contributed by atoms with Gasteiger partial charge in [-0.25, -0.2) is 9.97 Å². The monoisotopic (exact) mass is 380 g/mol. The van der Waals surface area contributed by atoms with Crippen molar-refractivity contribution in [1.82, 2.24) is 20.2 Å². The first-order valence-corrected chi connectivity index (χ1v) is 10.2. The molecule has 0 spiro atoms. The molecule has 0 bridgehead atoms. The summed E-state index contributed by atoms with van der Waals surface area (Å²) in [6, 6.07) is 7.48. The summed E-state index contributed by atoms with van der Waals surface area (Å²) in [4.78, 5) is 22.5. The average Bonchev–Trinajstić information content (AvgIpc) is 3.19. The number of rotatable bonds is 5. The van der Waals surface area contributed by atoms with Crippen LogP contribution >= 0.6 is 0 Å². The lowest BCUT2D eigenvalue weighted by Crippen LogP contribution is -2.35. The third-order valence-electron chi connectivity index (χ3n) is 5.92. The van der Waals surface area contributed by atoms with Crippen molar-refractivity contribution in [3.05, 3.63) is 53.0 Å². The summed E-state index contributed by atoms with van der Waals surface area (Å²) >= 11 is 0. The zero-order valence-electron chi connectivity index (χ0n) is 16.5. The number of nitrogens with zero attached hydrogens (tertiary/aromatic N) is 3. The lowest BCUT2D eigenvalue weighted by Gasteiger charge is -2.26. The third kappa shape index (κ3) is 4.33. The standard InChI is InChI=1S/C22H28N4O2/c1-23-22(27)20-13-25-21(14-24-20)28-15-16-6-7-17-8-10-26(11-9-18(17)12-16)19-4-2-3-5-19/h6-7,12-14,19H,2-5,8-11,15H2,1H3,(H,23,27).